The minimum atomic E-state index is -0.669. The van der Waals surface area contributed by atoms with Crippen molar-refractivity contribution in [3.8, 4) is 0 Å². The zero-order valence-corrected chi connectivity index (χ0v) is 11.4. The van der Waals surface area contributed by atoms with Gasteiger partial charge in [0.2, 0.25) is 11.8 Å². The first-order chi connectivity index (χ1) is 8.38. The van der Waals surface area contributed by atoms with Crippen molar-refractivity contribution < 1.29 is 9.59 Å². The van der Waals surface area contributed by atoms with Crippen LogP contribution in [0.4, 0.5) is 5.82 Å². The molecule has 1 atom stereocenters. The van der Waals surface area contributed by atoms with Crippen molar-refractivity contribution in [2.24, 2.45) is 11.3 Å². The number of carbonyl (C=O) groups is 2. The number of aromatic nitrogens is 1. The Balaban J connectivity index is 2.46. The number of pyridine rings is 1. The molecule has 1 unspecified atom stereocenters. The molecule has 2 rings (SSSR count). The van der Waals surface area contributed by atoms with Crippen molar-refractivity contribution in [3.05, 3.63) is 23.4 Å². The lowest BCUT2D eigenvalue weighted by Gasteiger charge is -2.25. The summed E-state index contributed by atoms with van der Waals surface area (Å²) in [6.07, 6.45) is 1.73. The van der Waals surface area contributed by atoms with Crippen LogP contribution in [0.3, 0.4) is 0 Å². The van der Waals surface area contributed by atoms with E-state index in [4.69, 9.17) is 11.6 Å². The highest BCUT2D eigenvalue weighted by atomic mass is 35.5. The molecule has 0 N–H and O–H groups in total. The summed E-state index contributed by atoms with van der Waals surface area (Å²) >= 11 is 6.00. The molecule has 0 radical (unpaired) electrons. The van der Waals surface area contributed by atoms with Crippen LogP contribution in [0.2, 0.25) is 5.02 Å². The minimum Gasteiger partial charge on any atom is -0.274 e. The van der Waals surface area contributed by atoms with Gasteiger partial charge in [0.1, 0.15) is 0 Å². The quantitative estimate of drug-likeness (QED) is 0.774. The summed E-state index contributed by atoms with van der Waals surface area (Å²) in [4.78, 5) is 29.7. The first-order valence-electron chi connectivity index (χ1n) is 5.86. The van der Waals surface area contributed by atoms with Crippen LogP contribution in [0, 0.1) is 11.3 Å². The first-order valence-corrected chi connectivity index (χ1v) is 6.23. The molecule has 0 bridgehead atoms. The molecular weight excluding hydrogens is 252 g/mol. The Morgan fingerprint density at radius 2 is 2.11 bits per heavy atom. The van der Waals surface area contributed by atoms with Gasteiger partial charge in [0.15, 0.2) is 5.82 Å². The van der Waals surface area contributed by atoms with E-state index >= 15 is 0 Å². The Kier molecular flexibility index (Phi) is 3.15. The normalized spacial score (nSPS) is 24.2. The highest BCUT2D eigenvalue weighted by molar-refractivity contribution is 6.35. The number of anilines is 1. The molecule has 0 spiro atoms. The molecule has 1 aromatic heterocycles. The highest BCUT2D eigenvalue weighted by Gasteiger charge is 2.51. The minimum absolute atomic E-state index is 0.0847. The Labute approximate surface area is 111 Å². The average molecular weight is 267 g/mol. The van der Waals surface area contributed by atoms with Crippen LogP contribution in [0.15, 0.2) is 18.3 Å². The molecule has 1 aliphatic heterocycles. The molecule has 1 saturated heterocycles. The molecule has 4 nitrogen and oxygen atoms in total. The summed E-state index contributed by atoms with van der Waals surface area (Å²) in [6, 6.07) is 3.29. The molecule has 96 valence electrons. The van der Waals surface area contributed by atoms with Gasteiger partial charge in [-0.25, -0.2) is 9.88 Å². The molecule has 2 amide bonds. The SMILES string of the molecule is CC(C)C1(C)CC(=O)N(c2ncccc2Cl)C1=O. The summed E-state index contributed by atoms with van der Waals surface area (Å²) in [6.45, 7) is 5.69. The van der Waals surface area contributed by atoms with Crippen molar-refractivity contribution in [1.29, 1.82) is 0 Å². The number of amides is 2. The number of nitrogens with zero attached hydrogens (tertiary/aromatic N) is 2. The van der Waals surface area contributed by atoms with Crippen molar-refractivity contribution in [1.82, 2.24) is 4.98 Å². The number of hydrogen-bond acceptors (Lipinski definition) is 3. The third kappa shape index (κ3) is 1.81. The number of rotatable bonds is 2. The zero-order chi connectivity index (χ0) is 13.5. The largest absolute Gasteiger partial charge is 0.274 e. The second-order valence-corrected chi connectivity index (χ2v) is 5.50. The summed E-state index contributed by atoms with van der Waals surface area (Å²) < 4.78 is 0. The first kappa shape index (κ1) is 13.0. The van der Waals surface area contributed by atoms with Gasteiger partial charge in [0.25, 0.3) is 0 Å². The maximum atomic E-state index is 12.4. The fraction of sp³-hybridized carbons (Fsp3) is 0.462. The van der Waals surface area contributed by atoms with Crippen LogP contribution in [-0.2, 0) is 9.59 Å². The van der Waals surface area contributed by atoms with E-state index in [1.165, 1.54) is 6.20 Å². The van der Waals surface area contributed by atoms with Gasteiger partial charge in [-0.15, -0.1) is 0 Å². The average Bonchev–Trinajstić information content (AvgIpc) is 2.53. The molecule has 0 aromatic carbocycles. The number of hydrogen-bond donors (Lipinski definition) is 0. The molecule has 0 aliphatic carbocycles. The molecule has 1 aromatic rings. The molecule has 0 saturated carbocycles. The van der Waals surface area contributed by atoms with Crippen LogP contribution in [0.25, 0.3) is 0 Å². The van der Waals surface area contributed by atoms with Gasteiger partial charge in [-0.1, -0.05) is 25.4 Å². The van der Waals surface area contributed by atoms with Crippen LogP contribution < -0.4 is 4.90 Å². The van der Waals surface area contributed by atoms with Gasteiger partial charge < -0.3 is 0 Å². The molecule has 2 heterocycles. The van der Waals surface area contributed by atoms with E-state index in [9.17, 15) is 9.59 Å². The van der Waals surface area contributed by atoms with E-state index in [0.717, 1.165) is 4.90 Å². The molecule has 1 aliphatic rings. The lowest BCUT2D eigenvalue weighted by molar-refractivity contribution is -0.126. The highest BCUT2D eigenvalue weighted by Crippen LogP contribution is 2.41. The van der Waals surface area contributed by atoms with Gasteiger partial charge in [-0.2, -0.15) is 0 Å². The standard InChI is InChI=1S/C13H15ClN2O2/c1-8(2)13(3)7-10(17)16(12(13)18)11-9(14)5-4-6-15-11/h4-6,8H,7H2,1-3H3. The Morgan fingerprint density at radius 1 is 1.44 bits per heavy atom. The Bertz CT molecular complexity index is 515. The van der Waals surface area contributed by atoms with Crippen molar-refractivity contribution in [2.75, 3.05) is 4.90 Å². The van der Waals surface area contributed by atoms with Gasteiger partial charge >= 0.3 is 0 Å². The Hall–Kier alpha value is -1.42. The van der Waals surface area contributed by atoms with E-state index in [-0.39, 0.29) is 30.0 Å². The molecule has 18 heavy (non-hydrogen) atoms. The van der Waals surface area contributed by atoms with Gasteiger partial charge in [0.05, 0.1) is 10.4 Å². The maximum Gasteiger partial charge on any atom is 0.241 e. The maximum absolute atomic E-state index is 12.4. The smallest absolute Gasteiger partial charge is 0.241 e. The van der Waals surface area contributed by atoms with Crippen LogP contribution >= 0.6 is 11.6 Å². The topological polar surface area (TPSA) is 50.3 Å². The zero-order valence-electron chi connectivity index (χ0n) is 10.6. The predicted molar refractivity (Wildman–Crippen MR) is 69.3 cm³/mol. The molecule has 5 heteroatoms. The molecule has 1 fully saturated rings. The summed E-state index contributed by atoms with van der Waals surface area (Å²) in [5, 5.41) is 0.312. The summed E-state index contributed by atoms with van der Waals surface area (Å²) in [5.74, 6) is -0.139. The lowest BCUT2D eigenvalue weighted by atomic mass is 9.78. The van der Waals surface area contributed by atoms with Crippen molar-refractivity contribution in [3.63, 3.8) is 0 Å². The van der Waals surface area contributed by atoms with Crippen LogP contribution in [0.1, 0.15) is 27.2 Å². The van der Waals surface area contributed by atoms with E-state index < -0.39 is 5.41 Å². The lowest BCUT2D eigenvalue weighted by Crippen LogP contribution is -2.37. The van der Waals surface area contributed by atoms with Crippen LogP contribution in [-0.4, -0.2) is 16.8 Å². The van der Waals surface area contributed by atoms with E-state index in [2.05, 4.69) is 4.98 Å². The van der Waals surface area contributed by atoms with E-state index in [1.807, 2.05) is 20.8 Å². The second-order valence-electron chi connectivity index (χ2n) is 5.09. The van der Waals surface area contributed by atoms with Crippen molar-refractivity contribution in [2.45, 2.75) is 27.2 Å². The Morgan fingerprint density at radius 3 is 2.61 bits per heavy atom. The van der Waals surface area contributed by atoms with Crippen molar-refractivity contribution >= 4 is 29.2 Å². The predicted octanol–water partition coefficient (Wildman–Crippen LogP) is 2.66. The fourth-order valence-electron chi connectivity index (χ4n) is 2.04. The monoisotopic (exact) mass is 266 g/mol. The number of imide groups is 1. The third-order valence-electron chi connectivity index (χ3n) is 3.68. The fourth-order valence-corrected chi connectivity index (χ4v) is 2.25. The van der Waals surface area contributed by atoms with E-state index in [1.54, 1.807) is 12.1 Å². The van der Waals surface area contributed by atoms with Gasteiger partial charge in [-0.3, -0.25) is 9.59 Å². The number of carbonyl (C=O) groups excluding carboxylic acids is 2. The third-order valence-corrected chi connectivity index (χ3v) is 3.98. The molecular formula is C13H15ClN2O2. The van der Waals surface area contributed by atoms with Gasteiger partial charge in [0, 0.05) is 12.6 Å². The second kappa shape index (κ2) is 4.35. The summed E-state index contributed by atoms with van der Waals surface area (Å²) in [5.41, 5.74) is -0.669. The van der Waals surface area contributed by atoms with Gasteiger partial charge in [-0.05, 0) is 25.0 Å². The van der Waals surface area contributed by atoms with E-state index in [0.29, 0.717) is 5.02 Å². The number of halogens is 1. The summed E-state index contributed by atoms with van der Waals surface area (Å²) in [7, 11) is 0. The van der Waals surface area contributed by atoms with Crippen LogP contribution in [0.5, 0.6) is 0 Å².